The number of carbonyl (C=O) groups is 1. The van der Waals surface area contributed by atoms with Crippen LogP contribution in [0.5, 0.6) is 0 Å². The highest BCUT2D eigenvalue weighted by atomic mass is 32.2. The molecule has 0 aromatic heterocycles. The predicted octanol–water partition coefficient (Wildman–Crippen LogP) is 4.17. The molecule has 4 nitrogen and oxygen atoms in total. The van der Waals surface area contributed by atoms with Crippen LogP contribution in [-0.4, -0.2) is 20.6 Å². The Bertz CT molecular complexity index is 883. The summed E-state index contributed by atoms with van der Waals surface area (Å²) in [5.41, 5.74) is 1.56. The van der Waals surface area contributed by atoms with Gasteiger partial charge in [-0.15, -0.1) is 0 Å². The molecule has 0 bridgehead atoms. The van der Waals surface area contributed by atoms with E-state index in [0.717, 1.165) is 43.2 Å². The van der Waals surface area contributed by atoms with Crippen molar-refractivity contribution in [2.24, 2.45) is 0 Å². The average Bonchev–Trinajstić information content (AvgIpc) is 3.17. The Morgan fingerprint density at radius 3 is 2.15 bits per heavy atom. The van der Waals surface area contributed by atoms with Crippen molar-refractivity contribution < 1.29 is 13.2 Å². The summed E-state index contributed by atoms with van der Waals surface area (Å²) in [6, 6.07) is 16.7. The van der Waals surface area contributed by atoms with E-state index in [-0.39, 0.29) is 11.9 Å². The van der Waals surface area contributed by atoms with Crippen LogP contribution in [0.2, 0.25) is 0 Å². The molecule has 0 spiro atoms. The second-order valence-corrected chi connectivity index (χ2v) is 9.45. The van der Waals surface area contributed by atoms with Crippen molar-refractivity contribution in [3.05, 3.63) is 65.7 Å². The molecule has 1 saturated carbocycles. The lowest BCUT2D eigenvalue weighted by atomic mass is 9.77. The summed E-state index contributed by atoms with van der Waals surface area (Å²) in [6.07, 6.45) is 5.79. The summed E-state index contributed by atoms with van der Waals surface area (Å²) in [6.45, 7) is 2.03. The van der Waals surface area contributed by atoms with E-state index in [4.69, 9.17) is 0 Å². The van der Waals surface area contributed by atoms with Gasteiger partial charge in [-0.1, -0.05) is 62.2 Å². The number of hydrogen-bond acceptors (Lipinski definition) is 3. The van der Waals surface area contributed by atoms with Crippen LogP contribution in [0, 0.1) is 0 Å². The molecule has 0 heterocycles. The fourth-order valence-electron chi connectivity index (χ4n) is 4.05. The monoisotopic (exact) mass is 385 g/mol. The lowest BCUT2D eigenvalue weighted by molar-refractivity contribution is -0.127. The minimum atomic E-state index is -3.22. The maximum absolute atomic E-state index is 13.3. The first-order valence-corrected chi connectivity index (χ1v) is 11.4. The van der Waals surface area contributed by atoms with Crippen LogP contribution in [-0.2, 0) is 20.0 Å². The van der Waals surface area contributed by atoms with Crippen LogP contribution in [0.3, 0.4) is 0 Å². The molecule has 0 aliphatic heterocycles. The third-order valence-corrected chi connectivity index (χ3v) is 6.77. The average molecular weight is 386 g/mol. The van der Waals surface area contributed by atoms with Gasteiger partial charge in [-0.2, -0.15) is 0 Å². The van der Waals surface area contributed by atoms with Crippen LogP contribution in [0.25, 0.3) is 0 Å². The fourth-order valence-corrected chi connectivity index (χ4v) is 4.68. The van der Waals surface area contributed by atoms with Gasteiger partial charge in [0.25, 0.3) is 0 Å². The van der Waals surface area contributed by atoms with Crippen molar-refractivity contribution in [3.63, 3.8) is 0 Å². The third kappa shape index (κ3) is 4.08. The molecule has 144 valence electrons. The minimum absolute atomic E-state index is 0.0743. The Morgan fingerprint density at radius 1 is 1.04 bits per heavy atom. The van der Waals surface area contributed by atoms with Gasteiger partial charge in [0.2, 0.25) is 5.91 Å². The van der Waals surface area contributed by atoms with Gasteiger partial charge in [-0.25, -0.2) is 8.42 Å². The molecule has 5 heteroatoms. The van der Waals surface area contributed by atoms with Crippen molar-refractivity contribution >= 4 is 15.7 Å². The van der Waals surface area contributed by atoms with E-state index in [0.29, 0.717) is 4.90 Å². The standard InChI is InChI=1S/C22H27NO3S/c1-3-20(17-11-13-19(14-12-17)27(2,25)26)23-21(24)22(15-7-8-16-22)18-9-5-4-6-10-18/h4-6,9-14,20H,3,7-8,15-16H2,1-2H3,(H,23,24)/t20-/m0/s1. The normalized spacial score (nSPS) is 17.4. The molecule has 2 aromatic carbocycles. The fraction of sp³-hybridized carbons (Fsp3) is 0.409. The van der Waals surface area contributed by atoms with Crippen molar-refractivity contribution in [1.29, 1.82) is 0 Å². The maximum atomic E-state index is 13.3. The first kappa shape index (κ1) is 19.6. The molecule has 0 unspecified atom stereocenters. The lowest BCUT2D eigenvalue weighted by Crippen LogP contribution is -2.44. The number of hydrogen-bond donors (Lipinski definition) is 1. The van der Waals surface area contributed by atoms with E-state index in [1.807, 2.05) is 37.3 Å². The van der Waals surface area contributed by atoms with E-state index in [1.54, 1.807) is 24.3 Å². The zero-order valence-electron chi connectivity index (χ0n) is 15.9. The zero-order chi connectivity index (χ0) is 19.5. The number of benzene rings is 2. The second-order valence-electron chi connectivity index (χ2n) is 7.43. The Morgan fingerprint density at radius 2 is 1.63 bits per heavy atom. The van der Waals surface area contributed by atoms with Gasteiger partial charge < -0.3 is 5.32 Å². The van der Waals surface area contributed by atoms with Crippen LogP contribution in [0.15, 0.2) is 59.5 Å². The molecule has 3 rings (SSSR count). The Balaban J connectivity index is 1.84. The van der Waals surface area contributed by atoms with Gasteiger partial charge >= 0.3 is 0 Å². The highest BCUT2D eigenvalue weighted by molar-refractivity contribution is 7.90. The van der Waals surface area contributed by atoms with Gasteiger partial charge in [0.05, 0.1) is 16.4 Å². The topological polar surface area (TPSA) is 63.2 Å². The third-order valence-electron chi connectivity index (χ3n) is 5.64. The number of nitrogens with one attached hydrogen (secondary N) is 1. The smallest absolute Gasteiger partial charge is 0.231 e. The quantitative estimate of drug-likeness (QED) is 0.812. The van der Waals surface area contributed by atoms with E-state index in [9.17, 15) is 13.2 Å². The van der Waals surface area contributed by atoms with Crippen LogP contribution >= 0.6 is 0 Å². The Kier molecular flexibility index (Phi) is 5.70. The molecule has 1 atom stereocenters. The number of carbonyl (C=O) groups excluding carboxylic acids is 1. The molecular formula is C22H27NO3S. The highest BCUT2D eigenvalue weighted by Gasteiger charge is 2.43. The predicted molar refractivity (Wildman–Crippen MR) is 107 cm³/mol. The zero-order valence-corrected chi connectivity index (χ0v) is 16.8. The van der Waals surface area contributed by atoms with E-state index in [2.05, 4.69) is 5.32 Å². The molecule has 1 aliphatic carbocycles. The molecule has 1 aliphatic rings. The molecule has 1 fully saturated rings. The molecule has 2 aromatic rings. The van der Waals surface area contributed by atoms with E-state index < -0.39 is 15.3 Å². The van der Waals surface area contributed by atoms with E-state index in [1.165, 1.54) is 6.26 Å². The molecular weight excluding hydrogens is 358 g/mol. The molecule has 1 amide bonds. The van der Waals surface area contributed by atoms with Gasteiger partial charge in [0, 0.05) is 6.26 Å². The van der Waals surface area contributed by atoms with Crippen LogP contribution in [0.1, 0.15) is 56.2 Å². The van der Waals surface area contributed by atoms with Gasteiger partial charge in [-0.05, 0) is 42.5 Å². The number of rotatable bonds is 6. The van der Waals surface area contributed by atoms with E-state index >= 15 is 0 Å². The summed E-state index contributed by atoms with van der Waals surface area (Å²) in [5, 5.41) is 3.23. The number of sulfone groups is 1. The van der Waals surface area contributed by atoms with Crippen molar-refractivity contribution in [1.82, 2.24) is 5.32 Å². The molecule has 0 saturated heterocycles. The summed E-state index contributed by atoms with van der Waals surface area (Å²) in [4.78, 5) is 13.6. The van der Waals surface area contributed by atoms with Crippen LogP contribution < -0.4 is 5.32 Å². The summed E-state index contributed by atoms with van der Waals surface area (Å²) in [7, 11) is -3.22. The van der Waals surface area contributed by atoms with Crippen molar-refractivity contribution in [2.75, 3.05) is 6.26 Å². The highest BCUT2D eigenvalue weighted by Crippen LogP contribution is 2.41. The lowest BCUT2D eigenvalue weighted by Gasteiger charge is -2.31. The molecule has 1 N–H and O–H groups in total. The number of amides is 1. The Labute approximate surface area is 161 Å². The van der Waals surface area contributed by atoms with Gasteiger partial charge in [-0.3, -0.25) is 4.79 Å². The first-order chi connectivity index (χ1) is 12.9. The SMILES string of the molecule is CC[C@H](NC(=O)C1(c2ccccc2)CCCC1)c1ccc(S(C)(=O)=O)cc1. The summed E-state index contributed by atoms with van der Waals surface area (Å²) >= 11 is 0. The van der Waals surface area contributed by atoms with Crippen LogP contribution in [0.4, 0.5) is 0 Å². The van der Waals surface area contributed by atoms with Crippen molar-refractivity contribution in [3.8, 4) is 0 Å². The Hall–Kier alpha value is -2.14. The van der Waals surface area contributed by atoms with Crippen molar-refractivity contribution in [2.45, 2.75) is 55.4 Å². The second kappa shape index (κ2) is 7.85. The minimum Gasteiger partial charge on any atom is -0.349 e. The summed E-state index contributed by atoms with van der Waals surface area (Å²) < 4.78 is 23.3. The molecule has 27 heavy (non-hydrogen) atoms. The maximum Gasteiger partial charge on any atom is 0.231 e. The summed E-state index contributed by atoms with van der Waals surface area (Å²) in [5.74, 6) is 0.0743. The molecule has 0 radical (unpaired) electrons. The largest absolute Gasteiger partial charge is 0.349 e. The van der Waals surface area contributed by atoms with Gasteiger partial charge in [0.15, 0.2) is 9.84 Å². The first-order valence-electron chi connectivity index (χ1n) is 9.53. The van der Waals surface area contributed by atoms with Gasteiger partial charge in [0.1, 0.15) is 0 Å².